The van der Waals surface area contributed by atoms with E-state index >= 15 is 0 Å². The first-order valence-corrected chi connectivity index (χ1v) is 10.3. The molecule has 0 saturated carbocycles. The van der Waals surface area contributed by atoms with Gasteiger partial charge in [-0.1, -0.05) is 19.4 Å². The zero-order valence-electron chi connectivity index (χ0n) is 16.5. The molecule has 0 bridgehead atoms. The average molecular weight is 359 g/mol. The van der Waals surface area contributed by atoms with Gasteiger partial charge < -0.3 is 9.80 Å². The molecule has 1 saturated heterocycles. The van der Waals surface area contributed by atoms with Gasteiger partial charge in [-0.05, 0) is 58.5 Å². The molecule has 1 unspecified atom stereocenters. The van der Waals surface area contributed by atoms with Gasteiger partial charge in [0.05, 0.1) is 6.54 Å². The standard InChI is InChI=1S/C21H34N4O/c1-4-6-13-23(3)17-10-11-19-18(16-17)20(22-25(19)12-5-2)21(26)24-14-8-7-9-15-24/h5,17H,2,4,6-16H2,1,3H3. The molecule has 5 nitrogen and oxygen atoms in total. The molecule has 2 aliphatic rings. The number of hydrogen-bond donors (Lipinski definition) is 0. The second-order valence-electron chi connectivity index (χ2n) is 7.83. The summed E-state index contributed by atoms with van der Waals surface area (Å²) >= 11 is 0. The molecule has 1 aliphatic carbocycles. The Morgan fingerprint density at radius 3 is 2.81 bits per heavy atom. The van der Waals surface area contributed by atoms with Gasteiger partial charge in [0.15, 0.2) is 5.69 Å². The largest absolute Gasteiger partial charge is 0.337 e. The number of likely N-dealkylation sites (N-methyl/N-ethyl adjacent to an activating group) is 1. The van der Waals surface area contributed by atoms with Crippen LogP contribution in [0.15, 0.2) is 12.7 Å². The zero-order chi connectivity index (χ0) is 18.5. The molecular formula is C21H34N4O. The highest BCUT2D eigenvalue weighted by molar-refractivity contribution is 5.94. The van der Waals surface area contributed by atoms with E-state index in [-0.39, 0.29) is 5.91 Å². The van der Waals surface area contributed by atoms with Crippen LogP contribution >= 0.6 is 0 Å². The Labute approximate surface area is 158 Å². The number of piperidine rings is 1. The highest BCUT2D eigenvalue weighted by atomic mass is 16.2. The van der Waals surface area contributed by atoms with Gasteiger partial charge in [-0.25, -0.2) is 0 Å². The molecule has 3 rings (SSSR count). The molecule has 0 radical (unpaired) electrons. The van der Waals surface area contributed by atoms with E-state index in [1.165, 1.54) is 30.5 Å². The molecule has 1 aliphatic heterocycles. The Bertz CT molecular complexity index is 630. The van der Waals surface area contributed by atoms with E-state index in [9.17, 15) is 4.79 Å². The molecule has 1 fully saturated rings. The Hall–Kier alpha value is -1.62. The summed E-state index contributed by atoms with van der Waals surface area (Å²) in [5, 5.41) is 4.75. The Morgan fingerprint density at radius 2 is 2.12 bits per heavy atom. The van der Waals surface area contributed by atoms with E-state index in [2.05, 4.69) is 25.5 Å². The quantitative estimate of drug-likeness (QED) is 0.703. The van der Waals surface area contributed by atoms with Crippen LogP contribution in [0, 0.1) is 0 Å². The normalized spacial score (nSPS) is 20.3. The van der Waals surface area contributed by atoms with Gasteiger partial charge in [-0.2, -0.15) is 5.10 Å². The number of likely N-dealkylation sites (tertiary alicyclic amines) is 1. The molecule has 2 heterocycles. The summed E-state index contributed by atoms with van der Waals surface area (Å²) in [6.45, 7) is 9.67. The maximum absolute atomic E-state index is 13.1. The smallest absolute Gasteiger partial charge is 0.274 e. The van der Waals surface area contributed by atoms with E-state index in [1.807, 2.05) is 15.7 Å². The molecule has 0 aromatic carbocycles. The fourth-order valence-electron chi connectivity index (χ4n) is 4.33. The molecule has 26 heavy (non-hydrogen) atoms. The summed E-state index contributed by atoms with van der Waals surface area (Å²) in [5.41, 5.74) is 3.16. The van der Waals surface area contributed by atoms with Gasteiger partial charge in [0.25, 0.3) is 5.91 Å². The van der Waals surface area contributed by atoms with Gasteiger partial charge >= 0.3 is 0 Å². The number of carbonyl (C=O) groups excluding carboxylic acids is 1. The third kappa shape index (κ3) is 4.03. The topological polar surface area (TPSA) is 41.4 Å². The van der Waals surface area contributed by atoms with Crippen LogP contribution in [0.2, 0.25) is 0 Å². The minimum Gasteiger partial charge on any atom is -0.337 e. The van der Waals surface area contributed by atoms with Gasteiger partial charge in [-0.3, -0.25) is 9.48 Å². The highest BCUT2D eigenvalue weighted by Crippen LogP contribution is 2.28. The van der Waals surface area contributed by atoms with E-state index in [1.54, 1.807) is 0 Å². The van der Waals surface area contributed by atoms with Crippen molar-refractivity contribution in [3.63, 3.8) is 0 Å². The monoisotopic (exact) mass is 358 g/mol. The van der Waals surface area contributed by atoms with Crippen molar-refractivity contribution in [3.05, 3.63) is 29.6 Å². The number of fused-ring (bicyclic) bond motifs is 1. The van der Waals surface area contributed by atoms with Crippen LogP contribution in [0.25, 0.3) is 0 Å². The van der Waals surface area contributed by atoms with Crippen molar-refractivity contribution in [2.24, 2.45) is 0 Å². The lowest BCUT2D eigenvalue weighted by Gasteiger charge is -2.32. The van der Waals surface area contributed by atoms with Crippen molar-refractivity contribution in [2.75, 3.05) is 26.7 Å². The fourth-order valence-corrected chi connectivity index (χ4v) is 4.33. The number of aromatic nitrogens is 2. The average Bonchev–Trinajstić information content (AvgIpc) is 3.04. The maximum Gasteiger partial charge on any atom is 0.274 e. The van der Waals surface area contributed by atoms with E-state index < -0.39 is 0 Å². The second kappa shape index (κ2) is 8.85. The third-order valence-corrected chi connectivity index (χ3v) is 5.96. The predicted molar refractivity (Wildman–Crippen MR) is 106 cm³/mol. The molecule has 0 spiro atoms. The first kappa shape index (κ1) is 19.2. The van der Waals surface area contributed by atoms with Crippen molar-refractivity contribution < 1.29 is 4.79 Å². The number of unbranched alkanes of at least 4 members (excludes halogenated alkanes) is 1. The molecule has 1 aromatic heterocycles. The summed E-state index contributed by atoms with van der Waals surface area (Å²) in [5.74, 6) is 0.139. The van der Waals surface area contributed by atoms with Crippen molar-refractivity contribution in [2.45, 2.75) is 70.9 Å². The first-order valence-electron chi connectivity index (χ1n) is 10.3. The number of allylic oxidation sites excluding steroid dienone is 1. The number of hydrogen-bond acceptors (Lipinski definition) is 3. The van der Waals surface area contributed by atoms with Crippen LogP contribution in [0.5, 0.6) is 0 Å². The second-order valence-corrected chi connectivity index (χ2v) is 7.83. The molecule has 5 heteroatoms. The number of rotatable bonds is 7. The van der Waals surface area contributed by atoms with Crippen LogP contribution in [0.1, 0.15) is 67.2 Å². The van der Waals surface area contributed by atoms with E-state index in [0.29, 0.717) is 18.3 Å². The summed E-state index contributed by atoms with van der Waals surface area (Å²) in [6.07, 6.45) is 10.9. The van der Waals surface area contributed by atoms with Crippen LogP contribution in [-0.2, 0) is 19.4 Å². The SMILES string of the molecule is C=CCn1nc(C(=O)N2CCCCC2)c2c1CCC(N(C)CCCC)C2. The molecular weight excluding hydrogens is 324 g/mol. The summed E-state index contributed by atoms with van der Waals surface area (Å²) < 4.78 is 2.02. The van der Waals surface area contributed by atoms with Gasteiger partial charge in [0.2, 0.25) is 0 Å². The minimum atomic E-state index is 0.139. The number of amides is 1. The van der Waals surface area contributed by atoms with Gasteiger partial charge in [-0.15, -0.1) is 6.58 Å². The predicted octanol–water partition coefficient (Wildman–Crippen LogP) is 3.28. The van der Waals surface area contributed by atoms with E-state index in [4.69, 9.17) is 5.10 Å². The van der Waals surface area contributed by atoms with Gasteiger partial charge in [0, 0.05) is 30.4 Å². The van der Waals surface area contributed by atoms with E-state index in [0.717, 1.165) is 51.7 Å². The van der Waals surface area contributed by atoms with Crippen LogP contribution < -0.4 is 0 Å². The summed E-state index contributed by atoms with van der Waals surface area (Å²) in [6, 6.07) is 0.517. The first-order chi connectivity index (χ1) is 12.7. The number of nitrogens with zero attached hydrogens (tertiary/aromatic N) is 4. The van der Waals surface area contributed by atoms with Crippen molar-refractivity contribution in [1.29, 1.82) is 0 Å². The fraction of sp³-hybridized carbons (Fsp3) is 0.714. The summed E-state index contributed by atoms with van der Waals surface area (Å²) in [4.78, 5) is 17.6. The zero-order valence-corrected chi connectivity index (χ0v) is 16.5. The Balaban J connectivity index is 1.84. The van der Waals surface area contributed by atoms with Crippen LogP contribution in [0.4, 0.5) is 0 Å². The van der Waals surface area contributed by atoms with Crippen LogP contribution in [0.3, 0.4) is 0 Å². The highest BCUT2D eigenvalue weighted by Gasteiger charge is 2.32. The van der Waals surface area contributed by atoms with Gasteiger partial charge in [0.1, 0.15) is 0 Å². The molecule has 0 N–H and O–H groups in total. The molecule has 1 aromatic rings. The third-order valence-electron chi connectivity index (χ3n) is 5.96. The van der Waals surface area contributed by atoms with Crippen molar-refractivity contribution in [3.8, 4) is 0 Å². The minimum absolute atomic E-state index is 0.139. The molecule has 1 amide bonds. The molecule has 1 atom stereocenters. The van der Waals surface area contributed by atoms with Crippen LogP contribution in [-0.4, -0.2) is 58.2 Å². The Morgan fingerprint density at radius 1 is 1.35 bits per heavy atom. The van der Waals surface area contributed by atoms with Crippen molar-refractivity contribution in [1.82, 2.24) is 19.6 Å². The summed E-state index contributed by atoms with van der Waals surface area (Å²) in [7, 11) is 2.23. The lowest BCUT2D eigenvalue weighted by atomic mass is 9.90. The van der Waals surface area contributed by atoms with Crippen molar-refractivity contribution >= 4 is 5.91 Å². The Kier molecular flexibility index (Phi) is 6.52. The molecule has 144 valence electrons. The maximum atomic E-state index is 13.1. The number of carbonyl (C=O) groups is 1. The lowest BCUT2D eigenvalue weighted by Crippen LogP contribution is -2.39. The lowest BCUT2D eigenvalue weighted by molar-refractivity contribution is 0.0715.